The molecule has 4 rings (SSSR count). The third kappa shape index (κ3) is 3.13. The number of carbonyl (C=O) groups is 1. The monoisotopic (exact) mass is 379 g/mol. The number of ether oxygens (including phenoxy) is 2. The molecule has 7 heteroatoms. The van der Waals surface area contributed by atoms with E-state index in [4.69, 9.17) is 14.0 Å². The van der Waals surface area contributed by atoms with Crippen molar-refractivity contribution in [1.82, 2.24) is 15.1 Å². The fraction of sp³-hybridized carbons (Fsp3) is 0.333. The fourth-order valence-corrected chi connectivity index (χ4v) is 3.36. The van der Waals surface area contributed by atoms with Gasteiger partial charge in [0.15, 0.2) is 5.78 Å². The van der Waals surface area contributed by atoms with Crippen LogP contribution in [0.1, 0.15) is 43.5 Å². The van der Waals surface area contributed by atoms with Crippen molar-refractivity contribution in [2.75, 3.05) is 7.11 Å². The first-order chi connectivity index (χ1) is 13.6. The normalized spacial score (nSPS) is 15.0. The van der Waals surface area contributed by atoms with E-state index in [1.807, 2.05) is 19.9 Å². The molecule has 0 saturated heterocycles. The highest BCUT2D eigenvalue weighted by atomic mass is 16.5. The number of aromatic nitrogens is 3. The third-order valence-corrected chi connectivity index (χ3v) is 5.25. The lowest BCUT2D eigenvalue weighted by Gasteiger charge is -2.36. The molecular weight excluding hydrogens is 358 g/mol. The van der Waals surface area contributed by atoms with E-state index in [1.165, 1.54) is 0 Å². The Bertz CT molecular complexity index is 1010. The second kappa shape index (κ2) is 7.07. The Hall–Kier alpha value is -3.22. The summed E-state index contributed by atoms with van der Waals surface area (Å²) in [6.07, 6.45) is 3.58. The van der Waals surface area contributed by atoms with Gasteiger partial charge in [0.25, 0.3) is 5.89 Å². The summed E-state index contributed by atoms with van der Waals surface area (Å²) >= 11 is 0. The first-order valence-corrected chi connectivity index (χ1v) is 9.28. The van der Waals surface area contributed by atoms with Crippen molar-refractivity contribution in [3.8, 4) is 34.5 Å². The van der Waals surface area contributed by atoms with Crippen LogP contribution in [0.2, 0.25) is 0 Å². The molecule has 0 unspecified atom stereocenters. The summed E-state index contributed by atoms with van der Waals surface area (Å²) in [6, 6.07) is 8.93. The summed E-state index contributed by atoms with van der Waals surface area (Å²) in [5.41, 5.74) is 1.53. The van der Waals surface area contributed by atoms with E-state index >= 15 is 0 Å². The molecule has 0 atom stereocenters. The van der Waals surface area contributed by atoms with Gasteiger partial charge in [-0.2, -0.15) is 4.98 Å². The molecule has 0 fully saturated rings. The van der Waals surface area contributed by atoms with Gasteiger partial charge in [-0.3, -0.25) is 4.79 Å². The van der Waals surface area contributed by atoms with E-state index in [-0.39, 0.29) is 5.78 Å². The van der Waals surface area contributed by atoms with Crippen molar-refractivity contribution in [2.24, 2.45) is 0 Å². The van der Waals surface area contributed by atoms with Crippen LogP contribution in [0.15, 0.2) is 41.1 Å². The van der Waals surface area contributed by atoms with Crippen LogP contribution in [-0.2, 0) is 0 Å². The molecule has 0 N–H and O–H groups in total. The standard InChI is InChI=1S/C21H21N3O4/c1-4-21(5-2)11-16(25)15-10-13(6-8-17(15)27-21)20-23-19(24-28-20)14-7-9-18(26-3)22-12-14/h6-10,12H,4-5,11H2,1-3H3. The molecule has 0 radical (unpaired) electrons. The maximum atomic E-state index is 12.7. The molecule has 28 heavy (non-hydrogen) atoms. The average molecular weight is 379 g/mol. The molecular formula is C21H21N3O4. The average Bonchev–Trinajstić information content (AvgIpc) is 3.23. The number of hydrogen-bond donors (Lipinski definition) is 0. The summed E-state index contributed by atoms with van der Waals surface area (Å²) in [6.45, 7) is 4.09. The Morgan fingerprint density at radius 1 is 1.14 bits per heavy atom. The molecule has 3 heterocycles. The number of Topliss-reactive ketones (excluding diaryl/α,β-unsaturated/α-hetero) is 1. The minimum absolute atomic E-state index is 0.0749. The van der Waals surface area contributed by atoms with Crippen molar-refractivity contribution in [1.29, 1.82) is 0 Å². The molecule has 7 nitrogen and oxygen atoms in total. The number of ketones is 1. The van der Waals surface area contributed by atoms with Gasteiger partial charge in [-0.05, 0) is 37.1 Å². The van der Waals surface area contributed by atoms with Crippen LogP contribution in [0.3, 0.4) is 0 Å². The topological polar surface area (TPSA) is 87.3 Å². The number of fused-ring (bicyclic) bond motifs is 1. The predicted octanol–water partition coefficient (Wildman–Crippen LogP) is 4.33. The van der Waals surface area contributed by atoms with Crippen LogP contribution in [-0.4, -0.2) is 33.6 Å². The van der Waals surface area contributed by atoms with E-state index in [0.717, 1.165) is 12.8 Å². The zero-order valence-corrected chi connectivity index (χ0v) is 16.1. The van der Waals surface area contributed by atoms with Crippen molar-refractivity contribution < 1.29 is 18.8 Å². The lowest BCUT2D eigenvalue weighted by atomic mass is 9.85. The smallest absolute Gasteiger partial charge is 0.258 e. The molecule has 0 saturated carbocycles. The maximum absolute atomic E-state index is 12.7. The maximum Gasteiger partial charge on any atom is 0.258 e. The van der Waals surface area contributed by atoms with Crippen LogP contribution in [0.5, 0.6) is 11.6 Å². The zero-order valence-electron chi connectivity index (χ0n) is 16.1. The summed E-state index contributed by atoms with van der Waals surface area (Å²) < 4.78 is 16.6. The Morgan fingerprint density at radius 2 is 1.93 bits per heavy atom. The highest BCUT2D eigenvalue weighted by molar-refractivity contribution is 6.01. The van der Waals surface area contributed by atoms with Gasteiger partial charge in [0, 0.05) is 23.4 Å². The molecule has 3 aromatic rings. The van der Waals surface area contributed by atoms with Crippen LogP contribution in [0.4, 0.5) is 0 Å². The summed E-state index contributed by atoms with van der Waals surface area (Å²) in [7, 11) is 1.56. The molecule has 0 aliphatic carbocycles. The van der Waals surface area contributed by atoms with Crippen LogP contribution in [0, 0.1) is 0 Å². The molecule has 1 aromatic carbocycles. The molecule has 0 spiro atoms. The van der Waals surface area contributed by atoms with Crippen LogP contribution >= 0.6 is 0 Å². The lowest BCUT2D eigenvalue weighted by molar-refractivity contribution is 0.0350. The first-order valence-electron chi connectivity index (χ1n) is 9.28. The minimum atomic E-state index is -0.412. The largest absolute Gasteiger partial charge is 0.486 e. The second-order valence-corrected chi connectivity index (χ2v) is 6.82. The number of rotatable bonds is 5. The SMILES string of the molecule is CCC1(CC)CC(=O)c2cc(-c3nc(-c4ccc(OC)nc4)no3)ccc2O1. The molecule has 2 aromatic heterocycles. The molecule has 144 valence electrons. The van der Waals surface area contributed by atoms with Gasteiger partial charge in [-0.15, -0.1) is 0 Å². The Kier molecular flexibility index (Phi) is 4.58. The second-order valence-electron chi connectivity index (χ2n) is 6.82. The van der Waals surface area contributed by atoms with Gasteiger partial charge in [-0.25, -0.2) is 4.98 Å². The Labute approximate surface area is 162 Å². The minimum Gasteiger partial charge on any atom is -0.486 e. The Balaban J connectivity index is 1.64. The highest BCUT2D eigenvalue weighted by Gasteiger charge is 2.37. The van der Waals surface area contributed by atoms with Crippen LogP contribution < -0.4 is 9.47 Å². The number of nitrogens with zero attached hydrogens (tertiary/aromatic N) is 3. The number of pyridine rings is 1. The quantitative estimate of drug-likeness (QED) is 0.652. The number of benzene rings is 1. The lowest BCUT2D eigenvalue weighted by Crippen LogP contribution is -2.40. The highest BCUT2D eigenvalue weighted by Crippen LogP contribution is 2.38. The van der Waals surface area contributed by atoms with Gasteiger partial charge in [0.2, 0.25) is 11.7 Å². The number of methoxy groups -OCH3 is 1. The van der Waals surface area contributed by atoms with Gasteiger partial charge in [0.1, 0.15) is 11.4 Å². The zero-order chi connectivity index (χ0) is 19.7. The molecule has 1 aliphatic heterocycles. The summed E-state index contributed by atoms with van der Waals surface area (Å²) in [5, 5.41) is 4.02. The van der Waals surface area contributed by atoms with Gasteiger partial charge in [0.05, 0.1) is 19.1 Å². The molecule has 0 amide bonds. The van der Waals surface area contributed by atoms with Crippen molar-refractivity contribution in [2.45, 2.75) is 38.7 Å². The van der Waals surface area contributed by atoms with Gasteiger partial charge < -0.3 is 14.0 Å². The molecule has 1 aliphatic rings. The summed E-state index contributed by atoms with van der Waals surface area (Å²) in [5.74, 6) is 1.95. The van der Waals surface area contributed by atoms with E-state index in [0.29, 0.717) is 46.5 Å². The number of hydrogen-bond acceptors (Lipinski definition) is 7. The number of carbonyl (C=O) groups excluding carboxylic acids is 1. The summed E-state index contributed by atoms with van der Waals surface area (Å²) in [4.78, 5) is 21.3. The first kappa shape index (κ1) is 18.2. The van der Waals surface area contributed by atoms with E-state index in [2.05, 4.69) is 15.1 Å². The van der Waals surface area contributed by atoms with Crippen molar-refractivity contribution in [3.05, 3.63) is 42.1 Å². The third-order valence-electron chi connectivity index (χ3n) is 5.25. The van der Waals surface area contributed by atoms with E-state index < -0.39 is 5.60 Å². The van der Waals surface area contributed by atoms with Crippen molar-refractivity contribution in [3.63, 3.8) is 0 Å². The van der Waals surface area contributed by atoms with Crippen molar-refractivity contribution >= 4 is 5.78 Å². The fourth-order valence-electron chi connectivity index (χ4n) is 3.36. The van der Waals surface area contributed by atoms with Gasteiger partial charge in [-0.1, -0.05) is 19.0 Å². The van der Waals surface area contributed by atoms with E-state index in [1.54, 1.807) is 37.6 Å². The van der Waals surface area contributed by atoms with E-state index in [9.17, 15) is 4.79 Å². The Morgan fingerprint density at radius 3 is 2.61 bits per heavy atom. The van der Waals surface area contributed by atoms with Crippen LogP contribution in [0.25, 0.3) is 22.8 Å². The predicted molar refractivity (Wildman–Crippen MR) is 102 cm³/mol. The van der Waals surface area contributed by atoms with Gasteiger partial charge >= 0.3 is 0 Å². The molecule has 0 bridgehead atoms.